The number of carbonyl (C=O) groups is 2. The largest absolute Gasteiger partial charge is 0.379 e. The number of piperazine rings is 1. The molecule has 1 N–H and O–H groups in total. The lowest BCUT2D eigenvalue weighted by Crippen LogP contribution is -2.67. The highest BCUT2D eigenvalue weighted by Crippen LogP contribution is 2.44. The average Bonchev–Trinajstić information content (AvgIpc) is 3.17. The molecule has 0 bridgehead atoms. The first kappa shape index (κ1) is 14.3. The van der Waals surface area contributed by atoms with E-state index in [9.17, 15) is 9.59 Å². The minimum Gasteiger partial charge on any atom is -0.379 e. The molecule has 0 aromatic carbocycles. The van der Waals surface area contributed by atoms with Crippen molar-refractivity contribution in [3.05, 3.63) is 0 Å². The Bertz CT molecular complexity index is 366. The van der Waals surface area contributed by atoms with Gasteiger partial charge in [-0.15, -0.1) is 0 Å². The van der Waals surface area contributed by atoms with Gasteiger partial charge in [0.05, 0.1) is 13.2 Å². The third-order valence-corrected chi connectivity index (χ3v) is 4.00. The van der Waals surface area contributed by atoms with Crippen molar-refractivity contribution in [3.8, 4) is 0 Å². The van der Waals surface area contributed by atoms with Gasteiger partial charge in [-0.25, -0.2) is 0 Å². The van der Waals surface area contributed by atoms with Gasteiger partial charge in [0.1, 0.15) is 5.54 Å². The second kappa shape index (κ2) is 5.49. The van der Waals surface area contributed by atoms with Crippen molar-refractivity contribution in [1.82, 2.24) is 10.2 Å². The Hall–Kier alpha value is -1.10. The Morgan fingerprint density at radius 1 is 1.42 bits per heavy atom. The normalized spacial score (nSPS) is 27.9. The highest BCUT2D eigenvalue weighted by Gasteiger charge is 2.54. The number of hydrogen-bond acceptors (Lipinski definition) is 3. The predicted octanol–water partition coefficient (Wildman–Crippen LogP) is 0.786. The maximum absolute atomic E-state index is 12.1. The van der Waals surface area contributed by atoms with Crippen molar-refractivity contribution in [3.63, 3.8) is 0 Å². The fourth-order valence-electron chi connectivity index (χ4n) is 2.69. The van der Waals surface area contributed by atoms with Gasteiger partial charge in [0.25, 0.3) is 0 Å². The summed E-state index contributed by atoms with van der Waals surface area (Å²) in [5.41, 5.74) is -0.670. The van der Waals surface area contributed by atoms with Gasteiger partial charge < -0.3 is 15.0 Å². The van der Waals surface area contributed by atoms with Gasteiger partial charge in [0, 0.05) is 13.2 Å². The van der Waals surface area contributed by atoms with Crippen LogP contribution in [0.2, 0.25) is 0 Å². The molecule has 19 heavy (non-hydrogen) atoms. The maximum atomic E-state index is 12.1. The second-order valence-electron chi connectivity index (χ2n) is 6.12. The van der Waals surface area contributed by atoms with E-state index in [2.05, 4.69) is 19.2 Å². The lowest BCUT2D eigenvalue weighted by molar-refractivity contribution is -0.155. The SMILES string of the molecule is CC(C)COCCN1C(=O)CNC(=O)C1(C)C1CC1. The van der Waals surface area contributed by atoms with Crippen LogP contribution in [0.3, 0.4) is 0 Å². The minimum absolute atomic E-state index is 0.00199. The van der Waals surface area contributed by atoms with Crippen molar-refractivity contribution in [2.45, 2.75) is 39.2 Å². The molecule has 0 spiro atoms. The molecule has 1 unspecified atom stereocenters. The van der Waals surface area contributed by atoms with E-state index in [1.807, 2.05) is 6.92 Å². The van der Waals surface area contributed by atoms with E-state index in [1.165, 1.54) is 0 Å². The molecule has 0 radical (unpaired) electrons. The molecule has 0 aromatic rings. The summed E-state index contributed by atoms with van der Waals surface area (Å²) in [4.78, 5) is 25.9. The number of amides is 2. The zero-order chi connectivity index (χ0) is 14.0. The van der Waals surface area contributed by atoms with Crippen LogP contribution in [0, 0.1) is 11.8 Å². The van der Waals surface area contributed by atoms with Gasteiger partial charge in [-0.2, -0.15) is 0 Å². The van der Waals surface area contributed by atoms with Crippen LogP contribution in [0.5, 0.6) is 0 Å². The van der Waals surface area contributed by atoms with Gasteiger partial charge in [-0.05, 0) is 31.6 Å². The first-order valence-electron chi connectivity index (χ1n) is 7.12. The van der Waals surface area contributed by atoms with Gasteiger partial charge >= 0.3 is 0 Å². The van der Waals surface area contributed by atoms with Crippen LogP contribution in [0.1, 0.15) is 33.6 Å². The number of carbonyl (C=O) groups excluding carboxylic acids is 2. The second-order valence-corrected chi connectivity index (χ2v) is 6.12. The maximum Gasteiger partial charge on any atom is 0.246 e. The van der Waals surface area contributed by atoms with Gasteiger partial charge in [0.2, 0.25) is 11.8 Å². The molecule has 1 aliphatic carbocycles. The molecular weight excluding hydrogens is 244 g/mol. The summed E-state index contributed by atoms with van der Waals surface area (Å²) in [5, 5.41) is 2.71. The third-order valence-electron chi connectivity index (χ3n) is 4.00. The quantitative estimate of drug-likeness (QED) is 0.724. The Kier molecular flexibility index (Phi) is 4.13. The van der Waals surface area contributed by atoms with Crippen LogP contribution in [0.15, 0.2) is 0 Å². The molecule has 5 nitrogen and oxygen atoms in total. The number of nitrogens with zero attached hydrogens (tertiary/aromatic N) is 1. The van der Waals surface area contributed by atoms with Crippen molar-refractivity contribution in [1.29, 1.82) is 0 Å². The number of rotatable bonds is 6. The summed E-state index contributed by atoms with van der Waals surface area (Å²) in [6, 6.07) is 0. The molecule has 0 aromatic heterocycles. The van der Waals surface area contributed by atoms with Gasteiger partial charge in [-0.3, -0.25) is 9.59 Å². The van der Waals surface area contributed by atoms with Crippen LogP contribution in [-0.4, -0.2) is 48.6 Å². The van der Waals surface area contributed by atoms with E-state index < -0.39 is 5.54 Å². The van der Waals surface area contributed by atoms with E-state index in [0.717, 1.165) is 12.8 Å². The molecule has 5 heteroatoms. The van der Waals surface area contributed by atoms with E-state index in [-0.39, 0.29) is 18.4 Å². The molecule has 2 amide bonds. The van der Waals surface area contributed by atoms with E-state index >= 15 is 0 Å². The lowest BCUT2D eigenvalue weighted by Gasteiger charge is -2.43. The van der Waals surface area contributed by atoms with Crippen molar-refractivity contribution < 1.29 is 14.3 Å². The molecule has 1 atom stereocenters. The predicted molar refractivity (Wildman–Crippen MR) is 71.5 cm³/mol. The van der Waals surface area contributed by atoms with E-state index in [0.29, 0.717) is 31.6 Å². The van der Waals surface area contributed by atoms with Crippen LogP contribution in [0.4, 0.5) is 0 Å². The van der Waals surface area contributed by atoms with Crippen LogP contribution in [0.25, 0.3) is 0 Å². The molecule has 1 heterocycles. The zero-order valence-corrected chi connectivity index (χ0v) is 12.1. The van der Waals surface area contributed by atoms with Crippen LogP contribution < -0.4 is 5.32 Å². The summed E-state index contributed by atoms with van der Waals surface area (Å²) < 4.78 is 5.55. The average molecular weight is 268 g/mol. The van der Waals surface area contributed by atoms with E-state index in [4.69, 9.17) is 4.74 Å². The van der Waals surface area contributed by atoms with E-state index in [1.54, 1.807) is 4.90 Å². The van der Waals surface area contributed by atoms with Crippen molar-refractivity contribution >= 4 is 11.8 Å². The molecule has 1 saturated heterocycles. The topological polar surface area (TPSA) is 58.6 Å². The molecule has 2 rings (SSSR count). The summed E-state index contributed by atoms with van der Waals surface area (Å²) in [6.07, 6.45) is 2.06. The molecule has 1 saturated carbocycles. The fourth-order valence-corrected chi connectivity index (χ4v) is 2.69. The van der Waals surface area contributed by atoms with Gasteiger partial charge in [-0.1, -0.05) is 13.8 Å². The molecule has 2 fully saturated rings. The molecule has 108 valence electrons. The summed E-state index contributed by atoms with van der Waals surface area (Å²) >= 11 is 0. The van der Waals surface area contributed by atoms with Gasteiger partial charge in [0.15, 0.2) is 0 Å². The lowest BCUT2D eigenvalue weighted by atomic mass is 9.90. The highest BCUT2D eigenvalue weighted by atomic mass is 16.5. The number of nitrogens with one attached hydrogen (secondary N) is 1. The Morgan fingerprint density at radius 3 is 2.68 bits per heavy atom. The zero-order valence-electron chi connectivity index (χ0n) is 12.1. The first-order chi connectivity index (χ1) is 8.96. The highest BCUT2D eigenvalue weighted by molar-refractivity contribution is 5.98. The fraction of sp³-hybridized carbons (Fsp3) is 0.857. The monoisotopic (exact) mass is 268 g/mol. The van der Waals surface area contributed by atoms with Crippen molar-refractivity contribution in [2.24, 2.45) is 11.8 Å². The Morgan fingerprint density at radius 2 is 2.11 bits per heavy atom. The summed E-state index contributed by atoms with van der Waals surface area (Å²) in [6.45, 7) is 7.88. The minimum atomic E-state index is -0.670. The first-order valence-corrected chi connectivity index (χ1v) is 7.12. The third kappa shape index (κ3) is 2.91. The summed E-state index contributed by atoms with van der Waals surface area (Å²) in [5.74, 6) is 0.776. The molecule has 2 aliphatic rings. The number of ether oxygens (including phenoxy) is 1. The molecular formula is C14H24N2O3. The Labute approximate surface area is 114 Å². The van der Waals surface area contributed by atoms with Crippen LogP contribution in [-0.2, 0) is 14.3 Å². The smallest absolute Gasteiger partial charge is 0.246 e. The Balaban J connectivity index is 1.97. The molecule has 1 aliphatic heterocycles. The van der Waals surface area contributed by atoms with Crippen molar-refractivity contribution in [2.75, 3.05) is 26.3 Å². The summed E-state index contributed by atoms with van der Waals surface area (Å²) in [7, 11) is 0. The van der Waals surface area contributed by atoms with Crippen LogP contribution >= 0.6 is 0 Å². The standard InChI is InChI=1S/C14H24N2O3/c1-10(2)9-19-7-6-16-12(17)8-15-13(18)14(16,3)11-4-5-11/h10-11H,4-9H2,1-3H3,(H,15,18). The number of hydrogen-bond donors (Lipinski definition) is 1.